The molecule has 0 saturated carbocycles. The number of aromatic amines is 1. The van der Waals surface area contributed by atoms with E-state index in [4.69, 9.17) is 16.3 Å². The molecule has 0 amide bonds. The molecule has 2 aromatic heterocycles. The Bertz CT molecular complexity index is 982. The van der Waals surface area contributed by atoms with Gasteiger partial charge in [-0.15, -0.1) is 0 Å². The van der Waals surface area contributed by atoms with E-state index in [-0.39, 0.29) is 0 Å². The van der Waals surface area contributed by atoms with Crippen molar-refractivity contribution in [2.45, 2.75) is 0 Å². The maximum atomic E-state index is 6.10. The van der Waals surface area contributed by atoms with E-state index in [9.17, 15) is 0 Å². The van der Waals surface area contributed by atoms with Gasteiger partial charge in [0, 0.05) is 11.9 Å². The number of ether oxygens (including phenoxy) is 1. The van der Waals surface area contributed by atoms with E-state index in [2.05, 4.69) is 20.3 Å². The zero-order valence-corrected chi connectivity index (χ0v) is 13.3. The van der Waals surface area contributed by atoms with Crippen LogP contribution in [0.2, 0.25) is 5.02 Å². The van der Waals surface area contributed by atoms with Gasteiger partial charge in [-0.25, -0.2) is 9.97 Å². The number of hydrogen-bond acceptors (Lipinski definition) is 4. The molecule has 2 heterocycles. The number of para-hydroxylation sites is 1. The quantitative estimate of drug-likeness (QED) is 0.541. The highest BCUT2D eigenvalue weighted by Gasteiger charge is 2.06. The topological polar surface area (TPSA) is 62.8 Å². The molecule has 0 aliphatic carbocycles. The van der Waals surface area contributed by atoms with Crippen molar-refractivity contribution in [2.24, 2.45) is 0 Å². The first-order valence-electron chi connectivity index (χ1n) is 7.37. The SMILES string of the molecule is Clc1ccccc1Oc1ccc(Nc2ncnc3[nH]ccc23)cc1. The molecular formula is C18H13ClN4O. The third kappa shape index (κ3) is 2.89. The number of anilines is 2. The first kappa shape index (κ1) is 14.5. The lowest BCUT2D eigenvalue weighted by Crippen LogP contribution is -1.95. The molecule has 0 radical (unpaired) electrons. The molecule has 0 fully saturated rings. The number of hydrogen-bond donors (Lipinski definition) is 2. The highest BCUT2D eigenvalue weighted by Crippen LogP contribution is 2.30. The average Bonchev–Trinajstić information content (AvgIpc) is 3.08. The van der Waals surface area contributed by atoms with Crippen molar-refractivity contribution in [3.63, 3.8) is 0 Å². The van der Waals surface area contributed by atoms with Crippen LogP contribution in [-0.2, 0) is 0 Å². The number of nitrogens with zero attached hydrogens (tertiary/aromatic N) is 2. The predicted molar refractivity (Wildman–Crippen MR) is 95.1 cm³/mol. The summed E-state index contributed by atoms with van der Waals surface area (Å²) >= 11 is 6.10. The van der Waals surface area contributed by atoms with E-state index in [1.54, 1.807) is 6.07 Å². The van der Waals surface area contributed by atoms with Crippen molar-refractivity contribution in [1.82, 2.24) is 15.0 Å². The van der Waals surface area contributed by atoms with Gasteiger partial charge in [-0.3, -0.25) is 0 Å². The predicted octanol–water partition coefficient (Wildman–Crippen LogP) is 5.15. The van der Waals surface area contributed by atoms with Gasteiger partial charge in [-0.05, 0) is 42.5 Å². The Labute approximate surface area is 143 Å². The van der Waals surface area contributed by atoms with Crippen LogP contribution in [-0.4, -0.2) is 15.0 Å². The van der Waals surface area contributed by atoms with Crippen LogP contribution in [0.3, 0.4) is 0 Å². The van der Waals surface area contributed by atoms with E-state index in [0.717, 1.165) is 22.5 Å². The summed E-state index contributed by atoms with van der Waals surface area (Å²) < 4.78 is 5.78. The third-order valence-corrected chi connectivity index (χ3v) is 3.85. The summed E-state index contributed by atoms with van der Waals surface area (Å²) in [5, 5.41) is 4.80. The maximum absolute atomic E-state index is 6.10. The number of nitrogens with one attached hydrogen (secondary N) is 2. The summed E-state index contributed by atoms with van der Waals surface area (Å²) in [4.78, 5) is 11.5. The largest absolute Gasteiger partial charge is 0.456 e. The molecule has 0 aliphatic heterocycles. The van der Waals surface area contributed by atoms with Crippen molar-refractivity contribution in [3.05, 3.63) is 72.1 Å². The lowest BCUT2D eigenvalue weighted by molar-refractivity contribution is 0.483. The molecule has 0 atom stereocenters. The molecule has 4 aromatic rings. The Morgan fingerprint density at radius 3 is 2.62 bits per heavy atom. The average molecular weight is 337 g/mol. The number of fused-ring (bicyclic) bond motifs is 1. The summed E-state index contributed by atoms with van der Waals surface area (Å²) in [7, 11) is 0. The summed E-state index contributed by atoms with van der Waals surface area (Å²) in [6.07, 6.45) is 3.36. The smallest absolute Gasteiger partial charge is 0.146 e. The molecule has 2 aromatic carbocycles. The van der Waals surface area contributed by atoms with Gasteiger partial charge in [-0.1, -0.05) is 23.7 Å². The zero-order valence-electron chi connectivity index (χ0n) is 12.5. The first-order chi connectivity index (χ1) is 11.8. The summed E-state index contributed by atoms with van der Waals surface area (Å²) in [5.74, 6) is 2.09. The van der Waals surface area contributed by atoms with Crippen molar-refractivity contribution in [1.29, 1.82) is 0 Å². The van der Waals surface area contributed by atoms with Crippen molar-refractivity contribution >= 4 is 34.1 Å². The van der Waals surface area contributed by atoms with Gasteiger partial charge in [0.25, 0.3) is 0 Å². The van der Waals surface area contributed by atoms with Crippen LogP contribution in [0.1, 0.15) is 0 Å². The van der Waals surface area contributed by atoms with Gasteiger partial charge in [0.15, 0.2) is 0 Å². The fourth-order valence-corrected chi connectivity index (χ4v) is 2.54. The summed E-state index contributed by atoms with van der Waals surface area (Å²) in [6.45, 7) is 0. The highest BCUT2D eigenvalue weighted by atomic mass is 35.5. The van der Waals surface area contributed by atoms with E-state index >= 15 is 0 Å². The van der Waals surface area contributed by atoms with Crippen LogP contribution >= 0.6 is 11.6 Å². The standard InChI is InChI=1S/C18H13ClN4O/c19-15-3-1-2-4-16(15)24-13-7-5-12(6-8-13)23-18-14-9-10-20-17(14)21-11-22-18/h1-11H,(H2,20,21,22,23). The van der Waals surface area contributed by atoms with Crippen molar-refractivity contribution in [3.8, 4) is 11.5 Å². The van der Waals surface area contributed by atoms with E-state index < -0.39 is 0 Å². The monoisotopic (exact) mass is 336 g/mol. The number of benzene rings is 2. The van der Waals surface area contributed by atoms with Gasteiger partial charge >= 0.3 is 0 Å². The molecule has 4 rings (SSSR count). The van der Waals surface area contributed by atoms with Gasteiger partial charge < -0.3 is 15.0 Å². The molecule has 6 heteroatoms. The molecule has 5 nitrogen and oxygen atoms in total. The second-order valence-electron chi connectivity index (χ2n) is 5.14. The van der Waals surface area contributed by atoms with Gasteiger partial charge in [0.05, 0.1) is 10.4 Å². The minimum Gasteiger partial charge on any atom is -0.456 e. The summed E-state index contributed by atoms with van der Waals surface area (Å²) in [6, 6.07) is 16.9. The lowest BCUT2D eigenvalue weighted by Gasteiger charge is -2.09. The van der Waals surface area contributed by atoms with Gasteiger partial charge in [-0.2, -0.15) is 0 Å². The maximum Gasteiger partial charge on any atom is 0.146 e. The molecule has 0 saturated heterocycles. The lowest BCUT2D eigenvalue weighted by atomic mass is 10.3. The number of halogens is 1. The van der Waals surface area contributed by atoms with Crippen LogP contribution in [0.5, 0.6) is 11.5 Å². The van der Waals surface area contributed by atoms with Crippen molar-refractivity contribution in [2.75, 3.05) is 5.32 Å². The fourth-order valence-electron chi connectivity index (χ4n) is 2.37. The van der Waals surface area contributed by atoms with Crippen molar-refractivity contribution < 1.29 is 4.74 Å². The molecule has 24 heavy (non-hydrogen) atoms. The van der Waals surface area contributed by atoms with E-state index in [1.807, 2.05) is 54.7 Å². The fraction of sp³-hybridized carbons (Fsp3) is 0. The Morgan fingerprint density at radius 1 is 0.958 bits per heavy atom. The van der Waals surface area contributed by atoms with Gasteiger partial charge in [0.2, 0.25) is 0 Å². The zero-order chi connectivity index (χ0) is 16.4. The Morgan fingerprint density at radius 2 is 1.79 bits per heavy atom. The Kier molecular flexibility index (Phi) is 3.76. The van der Waals surface area contributed by atoms with E-state index in [1.165, 1.54) is 6.33 Å². The van der Waals surface area contributed by atoms with Crippen LogP contribution < -0.4 is 10.1 Å². The minimum atomic E-state index is 0.579. The van der Waals surface area contributed by atoms with Crippen LogP contribution in [0.25, 0.3) is 11.0 Å². The number of aromatic nitrogens is 3. The minimum absolute atomic E-state index is 0.579. The normalized spacial score (nSPS) is 10.7. The molecule has 0 bridgehead atoms. The number of H-pyrrole nitrogens is 1. The Hall–Kier alpha value is -3.05. The molecule has 0 unspecified atom stereocenters. The first-order valence-corrected chi connectivity index (χ1v) is 7.75. The number of rotatable bonds is 4. The summed E-state index contributed by atoms with van der Waals surface area (Å²) in [5.41, 5.74) is 1.70. The second kappa shape index (κ2) is 6.22. The Balaban J connectivity index is 1.54. The van der Waals surface area contributed by atoms with E-state index in [0.29, 0.717) is 16.5 Å². The van der Waals surface area contributed by atoms with Crippen LogP contribution in [0.4, 0.5) is 11.5 Å². The van der Waals surface area contributed by atoms with Crippen LogP contribution in [0, 0.1) is 0 Å². The molecule has 2 N–H and O–H groups in total. The highest BCUT2D eigenvalue weighted by molar-refractivity contribution is 6.32. The molecule has 0 spiro atoms. The van der Waals surface area contributed by atoms with Crippen LogP contribution in [0.15, 0.2) is 67.1 Å². The molecule has 118 valence electrons. The molecule has 0 aliphatic rings. The van der Waals surface area contributed by atoms with Gasteiger partial charge in [0.1, 0.15) is 29.3 Å². The third-order valence-electron chi connectivity index (χ3n) is 3.54. The molecular weight excluding hydrogens is 324 g/mol. The second-order valence-corrected chi connectivity index (χ2v) is 5.55.